The zero-order chi connectivity index (χ0) is 22.4. The number of nitrogens with zero attached hydrogens (tertiary/aromatic N) is 2. The van der Waals surface area contributed by atoms with Crippen LogP contribution in [-0.2, 0) is 12.0 Å². The van der Waals surface area contributed by atoms with E-state index in [4.69, 9.17) is 4.99 Å². The lowest BCUT2D eigenvalue weighted by Crippen LogP contribution is -2.41. The van der Waals surface area contributed by atoms with E-state index in [0.29, 0.717) is 6.54 Å². The summed E-state index contributed by atoms with van der Waals surface area (Å²) in [6, 6.07) is 14.7. The van der Waals surface area contributed by atoms with Crippen molar-refractivity contribution in [3.8, 4) is 0 Å². The number of piperidine rings is 1. The summed E-state index contributed by atoms with van der Waals surface area (Å²) in [7, 11) is 0. The van der Waals surface area contributed by atoms with Crippen molar-refractivity contribution in [2.24, 2.45) is 4.99 Å². The zero-order valence-electron chi connectivity index (χ0n) is 19.3. The number of benzene rings is 2. The van der Waals surface area contributed by atoms with Crippen molar-refractivity contribution in [1.82, 2.24) is 15.5 Å². The lowest BCUT2D eigenvalue weighted by molar-refractivity contribution is 0.0724. The van der Waals surface area contributed by atoms with Crippen LogP contribution in [0.25, 0.3) is 0 Å². The van der Waals surface area contributed by atoms with Gasteiger partial charge in [-0.05, 0) is 74.4 Å². The fourth-order valence-corrected chi connectivity index (χ4v) is 4.33. The van der Waals surface area contributed by atoms with Crippen LogP contribution in [0.3, 0.4) is 0 Å². The molecule has 0 spiro atoms. The molecule has 0 atom stereocenters. The third-order valence-corrected chi connectivity index (χ3v) is 6.49. The second-order valence-electron chi connectivity index (χ2n) is 8.89. The van der Waals surface area contributed by atoms with Crippen molar-refractivity contribution in [2.45, 2.75) is 51.0 Å². The first-order valence-electron chi connectivity index (χ1n) is 11.8. The van der Waals surface area contributed by atoms with Gasteiger partial charge in [-0.3, -0.25) is 4.79 Å². The van der Waals surface area contributed by atoms with Crippen LogP contribution in [0.4, 0.5) is 4.39 Å². The van der Waals surface area contributed by atoms with E-state index in [-0.39, 0.29) is 41.1 Å². The van der Waals surface area contributed by atoms with Crippen LogP contribution >= 0.6 is 24.0 Å². The number of guanidine groups is 1. The van der Waals surface area contributed by atoms with Gasteiger partial charge in [-0.2, -0.15) is 0 Å². The van der Waals surface area contributed by atoms with Crippen LogP contribution in [0.15, 0.2) is 53.5 Å². The molecule has 178 valence electrons. The first-order chi connectivity index (χ1) is 15.6. The van der Waals surface area contributed by atoms with Crippen molar-refractivity contribution in [1.29, 1.82) is 0 Å². The van der Waals surface area contributed by atoms with Gasteiger partial charge < -0.3 is 15.5 Å². The second-order valence-corrected chi connectivity index (χ2v) is 8.89. The number of amides is 1. The monoisotopic (exact) mass is 564 g/mol. The fraction of sp³-hybridized carbons (Fsp3) is 0.462. The summed E-state index contributed by atoms with van der Waals surface area (Å²) >= 11 is 0. The molecule has 0 aromatic heterocycles. The van der Waals surface area contributed by atoms with Gasteiger partial charge in [0.1, 0.15) is 5.82 Å². The number of carbonyl (C=O) groups excluding carboxylic acids is 1. The Morgan fingerprint density at radius 2 is 1.79 bits per heavy atom. The van der Waals surface area contributed by atoms with Crippen LogP contribution < -0.4 is 10.6 Å². The Labute approximate surface area is 213 Å². The van der Waals surface area contributed by atoms with Gasteiger partial charge in [0.2, 0.25) is 0 Å². The van der Waals surface area contributed by atoms with Crippen molar-refractivity contribution in [3.05, 3.63) is 71.0 Å². The predicted octanol–water partition coefficient (Wildman–Crippen LogP) is 4.86. The average molecular weight is 564 g/mol. The zero-order valence-corrected chi connectivity index (χ0v) is 21.6. The minimum atomic E-state index is -0.184. The van der Waals surface area contributed by atoms with Gasteiger partial charge in [0.15, 0.2) is 5.96 Å². The van der Waals surface area contributed by atoms with Gasteiger partial charge in [-0.15, -0.1) is 24.0 Å². The van der Waals surface area contributed by atoms with E-state index in [9.17, 15) is 9.18 Å². The maximum Gasteiger partial charge on any atom is 0.253 e. The number of rotatable bonds is 7. The van der Waals surface area contributed by atoms with Crippen LogP contribution in [0.2, 0.25) is 0 Å². The molecule has 0 bridgehead atoms. The molecule has 2 fully saturated rings. The minimum absolute atomic E-state index is 0. The van der Waals surface area contributed by atoms with Crippen molar-refractivity contribution < 1.29 is 9.18 Å². The molecule has 2 aromatic rings. The summed E-state index contributed by atoms with van der Waals surface area (Å²) in [4.78, 5) is 19.3. The Bertz CT molecular complexity index is 953. The van der Waals surface area contributed by atoms with Gasteiger partial charge >= 0.3 is 0 Å². The molecule has 7 heteroatoms. The highest BCUT2D eigenvalue weighted by molar-refractivity contribution is 14.0. The SMILES string of the molecule is CCNC(=NCc1ccc(C(=O)N2CCCCC2)cc1)NCC1(c2cccc(F)c2)CC1.I. The quantitative estimate of drug-likeness (QED) is 0.287. The normalized spacial score (nSPS) is 17.2. The van der Waals surface area contributed by atoms with E-state index < -0.39 is 0 Å². The summed E-state index contributed by atoms with van der Waals surface area (Å²) in [5.74, 6) is 0.696. The van der Waals surface area contributed by atoms with Crippen molar-refractivity contribution >= 4 is 35.8 Å². The van der Waals surface area contributed by atoms with Crippen LogP contribution in [-0.4, -0.2) is 42.9 Å². The number of halogens is 2. The van der Waals surface area contributed by atoms with Gasteiger partial charge in [0, 0.05) is 37.2 Å². The second kappa shape index (κ2) is 11.8. The van der Waals surface area contributed by atoms with E-state index in [2.05, 4.69) is 10.6 Å². The van der Waals surface area contributed by atoms with Crippen molar-refractivity contribution in [2.75, 3.05) is 26.2 Å². The smallest absolute Gasteiger partial charge is 0.253 e. The molecule has 1 aliphatic heterocycles. The number of hydrogen-bond donors (Lipinski definition) is 2. The Kier molecular flexibility index (Phi) is 9.11. The van der Waals surface area contributed by atoms with Crippen LogP contribution in [0.1, 0.15) is 60.5 Å². The molecule has 1 amide bonds. The van der Waals surface area contributed by atoms with E-state index in [1.54, 1.807) is 12.1 Å². The molecule has 1 aliphatic carbocycles. The summed E-state index contributed by atoms with van der Waals surface area (Å²) in [5.41, 5.74) is 2.85. The number of nitrogens with one attached hydrogen (secondary N) is 2. The fourth-order valence-electron chi connectivity index (χ4n) is 4.33. The molecule has 5 nitrogen and oxygen atoms in total. The van der Waals surface area contributed by atoms with Crippen molar-refractivity contribution in [3.63, 3.8) is 0 Å². The first-order valence-corrected chi connectivity index (χ1v) is 11.8. The molecule has 1 saturated carbocycles. The molecule has 2 N–H and O–H groups in total. The van der Waals surface area contributed by atoms with E-state index in [0.717, 1.165) is 74.5 Å². The summed E-state index contributed by atoms with van der Waals surface area (Å²) in [5, 5.41) is 6.73. The molecular formula is C26H34FIN4O. The number of carbonyl (C=O) groups is 1. The van der Waals surface area contributed by atoms with E-state index in [1.165, 1.54) is 12.5 Å². The molecule has 33 heavy (non-hydrogen) atoms. The summed E-state index contributed by atoms with van der Waals surface area (Å²) < 4.78 is 13.7. The maximum absolute atomic E-state index is 13.7. The number of likely N-dealkylation sites (tertiary alicyclic amines) is 1. The third-order valence-electron chi connectivity index (χ3n) is 6.49. The summed E-state index contributed by atoms with van der Waals surface area (Å²) in [6.07, 6.45) is 5.51. The van der Waals surface area contributed by atoms with Gasteiger partial charge in [-0.25, -0.2) is 9.38 Å². The summed E-state index contributed by atoms with van der Waals surface area (Å²) in [6.45, 7) is 5.78. The Morgan fingerprint density at radius 1 is 1.06 bits per heavy atom. The highest BCUT2D eigenvalue weighted by atomic mass is 127. The van der Waals surface area contributed by atoms with Gasteiger partial charge in [0.05, 0.1) is 6.54 Å². The standard InChI is InChI=1S/C26H33FN4O.HI/c1-2-28-25(30-19-26(13-14-26)22-7-6-8-23(27)17-22)29-18-20-9-11-21(12-10-20)24(32)31-15-4-3-5-16-31;/h6-12,17H,2-5,13-16,18-19H2,1H3,(H2,28,29,30);1H. The predicted molar refractivity (Wildman–Crippen MR) is 142 cm³/mol. The Morgan fingerprint density at radius 3 is 2.42 bits per heavy atom. The molecule has 4 rings (SSSR count). The Balaban J connectivity index is 0.00000306. The highest BCUT2D eigenvalue weighted by Gasteiger charge is 2.44. The first kappa shape index (κ1) is 25.5. The number of aliphatic imine (C=N–C) groups is 1. The largest absolute Gasteiger partial charge is 0.357 e. The lowest BCUT2D eigenvalue weighted by atomic mass is 9.96. The minimum Gasteiger partial charge on any atom is -0.357 e. The van der Waals surface area contributed by atoms with Gasteiger partial charge in [-0.1, -0.05) is 24.3 Å². The van der Waals surface area contributed by atoms with E-state index >= 15 is 0 Å². The Hall–Kier alpha value is -2.16. The topological polar surface area (TPSA) is 56.7 Å². The molecular weight excluding hydrogens is 530 g/mol. The molecule has 2 aromatic carbocycles. The maximum atomic E-state index is 13.7. The van der Waals surface area contributed by atoms with Gasteiger partial charge in [0.25, 0.3) is 5.91 Å². The van der Waals surface area contributed by atoms with Crippen LogP contribution in [0, 0.1) is 5.82 Å². The molecule has 1 saturated heterocycles. The number of hydrogen-bond acceptors (Lipinski definition) is 2. The lowest BCUT2D eigenvalue weighted by Gasteiger charge is -2.26. The van der Waals surface area contributed by atoms with E-state index in [1.807, 2.05) is 42.2 Å². The molecule has 0 unspecified atom stereocenters. The average Bonchev–Trinajstić information content (AvgIpc) is 3.63. The van der Waals surface area contributed by atoms with Crippen LogP contribution in [0.5, 0.6) is 0 Å². The molecule has 0 radical (unpaired) electrons. The molecule has 1 heterocycles. The third kappa shape index (κ3) is 6.68. The molecule has 2 aliphatic rings. The highest BCUT2D eigenvalue weighted by Crippen LogP contribution is 2.47.